The van der Waals surface area contributed by atoms with Crippen molar-refractivity contribution in [3.05, 3.63) is 69.4 Å². The summed E-state index contributed by atoms with van der Waals surface area (Å²) >= 11 is 2.22. The average molecular weight is 475 g/mol. The van der Waals surface area contributed by atoms with Crippen LogP contribution >= 0.6 is 22.6 Å². The van der Waals surface area contributed by atoms with Crippen LogP contribution in [0.2, 0.25) is 0 Å². The summed E-state index contributed by atoms with van der Waals surface area (Å²) in [7, 11) is 4.81. The number of nitrogens with zero attached hydrogens (tertiary/aromatic N) is 3. The highest BCUT2D eigenvalue weighted by Gasteiger charge is 2.12. The molecule has 2 aromatic carbocycles. The molecule has 27 heavy (non-hydrogen) atoms. The average Bonchev–Trinajstić information content (AvgIpc) is 3.08. The third-order valence-corrected chi connectivity index (χ3v) is 4.80. The highest BCUT2D eigenvalue weighted by Crippen LogP contribution is 2.23. The van der Waals surface area contributed by atoms with Crippen molar-refractivity contribution < 1.29 is 14.3 Å². The SMILES string of the molecule is COC(=O)c1ccc(-c2cc(I)n(-c3ccc(C(=O)N(C)C)cc3)n2)cc1. The molecule has 1 amide bonds. The lowest BCUT2D eigenvalue weighted by Gasteiger charge is -2.10. The van der Waals surface area contributed by atoms with Crippen LogP contribution < -0.4 is 0 Å². The topological polar surface area (TPSA) is 64.4 Å². The number of benzene rings is 2. The van der Waals surface area contributed by atoms with Crippen LogP contribution in [-0.4, -0.2) is 47.8 Å². The van der Waals surface area contributed by atoms with E-state index in [1.54, 1.807) is 43.3 Å². The van der Waals surface area contributed by atoms with Gasteiger partial charge in [-0.2, -0.15) is 5.10 Å². The van der Waals surface area contributed by atoms with Crippen molar-refractivity contribution >= 4 is 34.5 Å². The molecule has 138 valence electrons. The Balaban J connectivity index is 1.88. The minimum absolute atomic E-state index is 0.0388. The van der Waals surface area contributed by atoms with Crippen molar-refractivity contribution in [1.82, 2.24) is 14.7 Å². The predicted molar refractivity (Wildman–Crippen MR) is 111 cm³/mol. The van der Waals surface area contributed by atoms with Gasteiger partial charge in [-0.15, -0.1) is 0 Å². The van der Waals surface area contributed by atoms with Gasteiger partial charge in [0, 0.05) is 25.2 Å². The first kappa shape index (κ1) is 19.1. The van der Waals surface area contributed by atoms with Crippen LogP contribution in [0, 0.1) is 3.70 Å². The lowest BCUT2D eigenvalue weighted by molar-refractivity contribution is 0.0600. The van der Waals surface area contributed by atoms with Gasteiger partial charge >= 0.3 is 5.97 Å². The molecule has 1 heterocycles. The highest BCUT2D eigenvalue weighted by atomic mass is 127. The largest absolute Gasteiger partial charge is 0.465 e. The molecule has 0 aliphatic rings. The van der Waals surface area contributed by atoms with Crippen LogP contribution in [-0.2, 0) is 4.74 Å². The lowest BCUT2D eigenvalue weighted by atomic mass is 10.1. The summed E-state index contributed by atoms with van der Waals surface area (Å²) in [6.07, 6.45) is 0. The quantitative estimate of drug-likeness (QED) is 0.427. The van der Waals surface area contributed by atoms with Crippen molar-refractivity contribution in [3.8, 4) is 16.9 Å². The Morgan fingerprint density at radius 1 is 1.00 bits per heavy atom. The molecular formula is C20H18IN3O3. The van der Waals surface area contributed by atoms with Gasteiger partial charge in [0.1, 0.15) is 3.70 Å². The zero-order valence-electron chi connectivity index (χ0n) is 15.1. The third kappa shape index (κ3) is 4.02. The van der Waals surface area contributed by atoms with Gasteiger partial charge in [0.25, 0.3) is 5.91 Å². The normalized spacial score (nSPS) is 10.5. The fourth-order valence-corrected chi connectivity index (χ4v) is 3.26. The summed E-state index contributed by atoms with van der Waals surface area (Å²) in [5.74, 6) is -0.405. The van der Waals surface area contributed by atoms with Gasteiger partial charge in [-0.25, -0.2) is 9.48 Å². The van der Waals surface area contributed by atoms with Crippen molar-refractivity contribution in [1.29, 1.82) is 0 Å². The second-order valence-electron chi connectivity index (χ2n) is 6.08. The molecule has 0 radical (unpaired) electrons. The molecule has 0 saturated heterocycles. The summed E-state index contributed by atoms with van der Waals surface area (Å²) in [6, 6.07) is 16.4. The summed E-state index contributed by atoms with van der Waals surface area (Å²) in [5, 5.41) is 4.65. The number of hydrogen-bond donors (Lipinski definition) is 0. The van der Waals surface area contributed by atoms with E-state index in [1.807, 2.05) is 35.0 Å². The maximum atomic E-state index is 12.0. The number of ether oxygens (including phenoxy) is 1. The van der Waals surface area contributed by atoms with Gasteiger partial charge in [-0.3, -0.25) is 4.79 Å². The lowest BCUT2D eigenvalue weighted by Crippen LogP contribution is -2.21. The van der Waals surface area contributed by atoms with E-state index in [0.717, 1.165) is 20.6 Å². The standard InChI is InChI=1S/C20H18IN3O3/c1-23(2)19(25)14-8-10-16(11-9-14)24-18(21)12-17(22-24)13-4-6-15(7-5-13)20(26)27-3/h4-12H,1-3H3. The molecule has 0 saturated carbocycles. The Morgan fingerprint density at radius 2 is 1.59 bits per heavy atom. The van der Waals surface area contributed by atoms with Crippen molar-refractivity contribution in [3.63, 3.8) is 0 Å². The van der Waals surface area contributed by atoms with Crippen molar-refractivity contribution in [2.45, 2.75) is 0 Å². The summed E-state index contributed by atoms with van der Waals surface area (Å²) in [4.78, 5) is 25.1. The maximum Gasteiger partial charge on any atom is 0.337 e. The van der Waals surface area contributed by atoms with Gasteiger partial charge in [0.05, 0.1) is 24.1 Å². The van der Waals surface area contributed by atoms with Gasteiger partial charge in [-0.05, 0) is 65.1 Å². The van der Waals surface area contributed by atoms with E-state index in [-0.39, 0.29) is 11.9 Å². The Bertz CT molecular complexity index is 977. The van der Waals surface area contributed by atoms with Crippen molar-refractivity contribution in [2.75, 3.05) is 21.2 Å². The first-order chi connectivity index (χ1) is 12.9. The van der Waals surface area contributed by atoms with Crippen LogP contribution in [0.4, 0.5) is 0 Å². The number of hydrogen-bond acceptors (Lipinski definition) is 4. The summed E-state index contributed by atoms with van der Waals surface area (Å²) < 4.78 is 7.47. The summed E-state index contributed by atoms with van der Waals surface area (Å²) in [6.45, 7) is 0. The number of esters is 1. The van der Waals surface area contributed by atoms with E-state index in [2.05, 4.69) is 27.7 Å². The molecule has 3 aromatic rings. The summed E-state index contributed by atoms with van der Waals surface area (Å²) in [5.41, 5.74) is 3.69. The maximum absolute atomic E-state index is 12.0. The molecule has 0 N–H and O–H groups in total. The van der Waals surface area contributed by atoms with E-state index >= 15 is 0 Å². The van der Waals surface area contributed by atoms with Gasteiger partial charge in [0.15, 0.2) is 0 Å². The molecule has 0 fully saturated rings. The molecule has 0 aliphatic carbocycles. The molecule has 0 spiro atoms. The highest BCUT2D eigenvalue weighted by molar-refractivity contribution is 14.1. The minimum atomic E-state index is -0.367. The molecule has 6 nitrogen and oxygen atoms in total. The molecule has 0 atom stereocenters. The first-order valence-corrected chi connectivity index (χ1v) is 9.25. The smallest absolute Gasteiger partial charge is 0.337 e. The third-order valence-electron chi connectivity index (χ3n) is 4.03. The van der Waals surface area contributed by atoms with Gasteiger partial charge in [-0.1, -0.05) is 12.1 Å². The second-order valence-corrected chi connectivity index (χ2v) is 7.18. The van der Waals surface area contributed by atoms with Gasteiger partial charge < -0.3 is 9.64 Å². The molecule has 3 rings (SSSR count). The predicted octanol–water partition coefficient (Wildman–Crippen LogP) is 3.63. The minimum Gasteiger partial charge on any atom is -0.465 e. The zero-order valence-corrected chi connectivity index (χ0v) is 17.3. The second kappa shape index (κ2) is 7.91. The molecule has 0 bridgehead atoms. The molecular weight excluding hydrogens is 457 g/mol. The Hall–Kier alpha value is -2.68. The molecule has 7 heteroatoms. The van der Waals surface area contributed by atoms with Crippen LogP contribution in [0.5, 0.6) is 0 Å². The van der Waals surface area contributed by atoms with E-state index in [4.69, 9.17) is 4.74 Å². The van der Waals surface area contributed by atoms with E-state index in [9.17, 15) is 9.59 Å². The van der Waals surface area contributed by atoms with Crippen LogP contribution in [0.1, 0.15) is 20.7 Å². The molecule has 1 aromatic heterocycles. The zero-order chi connectivity index (χ0) is 19.6. The van der Waals surface area contributed by atoms with E-state index in [1.165, 1.54) is 7.11 Å². The fourth-order valence-electron chi connectivity index (χ4n) is 2.58. The number of rotatable bonds is 4. The number of aromatic nitrogens is 2. The Kier molecular flexibility index (Phi) is 5.59. The number of carbonyl (C=O) groups is 2. The van der Waals surface area contributed by atoms with E-state index in [0.29, 0.717) is 11.1 Å². The monoisotopic (exact) mass is 475 g/mol. The van der Waals surface area contributed by atoms with Gasteiger partial charge in [0.2, 0.25) is 0 Å². The number of carbonyl (C=O) groups excluding carboxylic acids is 2. The fraction of sp³-hybridized carbons (Fsp3) is 0.150. The first-order valence-electron chi connectivity index (χ1n) is 8.17. The Morgan fingerprint density at radius 3 is 2.15 bits per heavy atom. The molecule has 0 aliphatic heterocycles. The number of halogens is 1. The number of methoxy groups -OCH3 is 1. The van der Waals surface area contributed by atoms with Crippen molar-refractivity contribution in [2.24, 2.45) is 0 Å². The number of amides is 1. The molecule has 0 unspecified atom stereocenters. The van der Waals surface area contributed by atoms with Crippen LogP contribution in [0.3, 0.4) is 0 Å². The Labute approximate surface area is 170 Å². The van der Waals surface area contributed by atoms with E-state index < -0.39 is 0 Å². The van der Waals surface area contributed by atoms with Crippen LogP contribution in [0.25, 0.3) is 16.9 Å². The van der Waals surface area contributed by atoms with Crippen LogP contribution in [0.15, 0.2) is 54.6 Å².